The van der Waals surface area contributed by atoms with Gasteiger partial charge in [-0.3, -0.25) is 9.89 Å². The summed E-state index contributed by atoms with van der Waals surface area (Å²) in [7, 11) is 3.48. The Morgan fingerprint density at radius 2 is 2.11 bits per heavy atom. The van der Waals surface area contributed by atoms with Crippen molar-refractivity contribution >= 4 is 29.9 Å². The number of aromatic nitrogens is 3. The molecule has 1 aromatic heterocycles. The smallest absolute Gasteiger partial charge is 0.191 e. The molecule has 9 nitrogen and oxygen atoms in total. The highest BCUT2D eigenvalue weighted by atomic mass is 127. The van der Waals surface area contributed by atoms with E-state index in [9.17, 15) is 0 Å². The molecule has 0 spiro atoms. The molecule has 3 rings (SSSR count). The molecule has 160 valence electrons. The summed E-state index contributed by atoms with van der Waals surface area (Å²) in [6.07, 6.45) is 1.92. The van der Waals surface area contributed by atoms with Gasteiger partial charge in [0.15, 0.2) is 11.8 Å². The number of nitrogens with one attached hydrogen (secondary N) is 2. The maximum atomic E-state index is 5.47. The minimum atomic E-state index is 0. The molecular formula is C18H34IN7O2. The molecule has 0 bridgehead atoms. The second-order valence-electron chi connectivity index (χ2n) is 7.78. The molecule has 1 saturated heterocycles. The average molecular weight is 507 g/mol. The highest BCUT2D eigenvalue weighted by Crippen LogP contribution is 2.16. The summed E-state index contributed by atoms with van der Waals surface area (Å²) >= 11 is 0. The fraction of sp³-hybridized carbons (Fsp3) is 0.833. The molecule has 2 aliphatic rings. The summed E-state index contributed by atoms with van der Waals surface area (Å²) < 4.78 is 12.6. The Kier molecular flexibility index (Phi) is 8.90. The Labute approximate surface area is 184 Å². The monoisotopic (exact) mass is 507 g/mol. The van der Waals surface area contributed by atoms with Crippen molar-refractivity contribution in [2.24, 2.45) is 4.99 Å². The number of methoxy groups -OCH3 is 1. The van der Waals surface area contributed by atoms with E-state index in [2.05, 4.69) is 44.5 Å². The third-order valence-corrected chi connectivity index (χ3v) is 5.30. The van der Waals surface area contributed by atoms with Crippen molar-refractivity contribution in [3.63, 3.8) is 0 Å². The lowest BCUT2D eigenvalue weighted by atomic mass is 10.0. The van der Waals surface area contributed by atoms with Crippen LogP contribution < -0.4 is 10.6 Å². The van der Waals surface area contributed by atoms with Crippen LogP contribution in [0.4, 0.5) is 0 Å². The van der Waals surface area contributed by atoms with Crippen LogP contribution in [-0.4, -0.2) is 84.2 Å². The van der Waals surface area contributed by atoms with Crippen molar-refractivity contribution in [2.75, 3.05) is 47.0 Å². The van der Waals surface area contributed by atoms with Crippen molar-refractivity contribution in [3.05, 3.63) is 11.6 Å². The number of aliphatic imine (C=N–C) groups is 1. The van der Waals surface area contributed by atoms with Gasteiger partial charge in [0, 0.05) is 51.8 Å². The van der Waals surface area contributed by atoms with Gasteiger partial charge in [-0.05, 0) is 20.3 Å². The molecule has 1 aromatic rings. The van der Waals surface area contributed by atoms with Gasteiger partial charge in [0.2, 0.25) is 0 Å². The number of ether oxygens (including phenoxy) is 2. The molecule has 1 unspecified atom stereocenters. The number of hydrogen-bond acceptors (Lipinski definition) is 6. The first-order valence-corrected chi connectivity index (χ1v) is 9.73. The Bertz CT molecular complexity index is 644. The van der Waals surface area contributed by atoms with E-state index in [-0.39, 0.29) is 35.6 Å². The van der Waals surface area contributed by atoms with E-state index in [0.29, 0.717) is 6.61 Å². The normalized spacial score (nSPS) is 21.0. The Morgan fingerprint density at radius 3 is 2.79 bits per heavy atom. The highest BCUT2D eigenvalue weighted by Gasteiger charge is 2.29. The zero-order valence-corrected chi connectivity index (χ0v) is 19.7. The van der Waals surface area contributed by atoms with Gasteiger partial charge in [-0.2, -0.15) is 5.10 Å². The number of morpholine rings is 1. The molecule has 0 aliphatic carbocycles. The zero-order chi connectivity index (χ0) is 19.3. The van der Waals surface area contributed by atoms with Crippen molar-refractivity contribution in [1.29, 1.82) is 0 Å². The largest absolute Gasteiger partial charge is 0.379 e. The maximum absolute atomic E-state index is 5.47. The first-order valence-electron chi connectivity index (χ1n) is 9.73. The minimum absolute atomic E-state index is 0. The van der Waals surface area contributed by atoms with E-state index in [4.69, 9.17) is 9.47 Å². The summed E-state index contributed by atoms with van der Waals surface area (Å²) in [5, 5.41) is 11.6. The number of nitrogens with zero attached hydrogens (tertiary/aromatic N) is 5. The molecule has 0 aromatic carbocycles. The van der Waals surface area contributed by atoms with E-state index < -0.39 is 0 Å². The van der Waals surface area contributed by atoms with Gasteiger partial charge < -0.3 is 20.1 Å². The summed E-state index contributed by atoms with van der Waals surface area (Å²) in [5.41, 5.74) is 0.0437. The number of fused-ring (bicyclic) bond motifs is 1. The van der Waals surface area contributed by atoms with E-state index >= 15 is 0 Å². The molecule has 2 aliphatic heterocycles. The van der Waals surface area contributed by atoms with Crippen LogP contribution in [0.5, 0.6) is 0 Å². The molecule has 0 saturated carbocycles. The molecule has 2 N–H and O–H groups in total. The van der Waals surface area contributed by atoms with Gasteiger partial charge in [0.25, 0.3) is 0 Å². The second kappa shape index (κ2) is 10.7. The van der Waals surface area contributed by atoms with E-state index in [1.807, 2.05) is 11.7 Å². The van der Waals surface area contributed by atoms with Gasteiger partial charge in [0.05, 0.1) is 19.8 Å². The van der Waals surface area contributed by atoms with Crippen LogP contribution >= 0.6 is 24.0 Å². The molecule has 3 heterocycles. The molecule has 28 heavy (non-hydrogen) atoms. The summed E-state index contributed by atoms with van der Waals surface area (Å²) in [6, 6.07) is 0.285. The minimum Gasteiger partial charge on any atom is -0.379 e. The lowest BCUT2D eigenvalue weighted by molar-refractivity contribution is -0.00835. The molecular weight excluding hydrogens is 473 g/mol. The number of rotatable bonds is 6. The van der Waals surface area contributed by atoms with E-state index in [1.54, 1.807) is 7.11 Å². The highest BCUT2D eigenvalue weighted by molar-refractivity contribution is 14.0. The maximum Gasteiger partial charge on any atom is 0.191 e. The van der Waals surface area contributed by atoms with Gasteiger partial charge in [0.1, 0.15) is 12.4 Å². The van der Waals surface area contributed by atoms with Gasteiger partial charge >= 0.3 is 0 Å². The third-order valence-electron chi connectivity index (χ3n) is 5.30. The molecule has 10 heteroatoms. The van der Waals surface area contributed by atoms with Crippen LogP contribution in [0.15, 0.2) is 4.99 Å². The van der Waals surface area contributed by atoms with Crippen LogP contribution in [0.2, 0.25) is 0 Å². The first-order chi connectivity index (χ1) is 13.0. The van der Waals surface area contributed by atoms with Crippen molar-refractivity contribution in [2.45, 2.75) is 51.4 Å². The van der Waals surface area contributed by atoms with Crippen molar-refractivity contribution in [3.8, 4) is 0 Å². The zero-order valence-electron chi connectivity index (χ0n) is 17.4. The van der Waals surface area contributed by atoms with Crippen molar-refractivity contribution in [1.82, 2.24) is 30.3 Å². The van der Waals surface area contributed by atoms with Crippen LogP contribution in [-0.2, 0) is 29.0 Å². The number of guanidine groups is 1. The van der Waals surface area contributed by atoms with Gasteiger partial charge in [-0.15, -0.1) is 24.0 Å². The van der Waals surface area contributed by atoms with Crippen LogP contribution in [0.25, 0.3) is 0 Å². The predicted octanol–water partition coefficient (Wildman–Crippen LogP) is 0.633. The first kappa shape index (κ1) is 23.3. The summed E-state index contributed by atoms with van der Waals surface area (Å²) in [5.74, 6) is 2.63. The Balaban J connectivity index is 0.00000280. The van der Waals surface area contributed by atoms with Crippen LogP contribution in [0.1, 0.15) is 31.9 Å². The number of aryl methyl sites for hydroxylation is 1. The number of halogens is 1. The SMILES string of the molecule is CN=C(NCC(C)(C)N1CCOCC1)NC1CCc2nc(COC)nn2C1.I. The average Bonchev–Trinajstić information content (AvgIpc) is 3.07. The molecule has 1 fully saturated rings. The van der Waals surface area contributed by atoms with Crippen molar-refractivity contribution < 1.29 is 9.47 Å². The third kappa shape index (κ3) is 6.01. The molecule has 0 radical (unpaired) electrons. The fourth-order valence-electron chi connectivity index (χ4n) is 3.64. The topological polar surface area (TPSA) is 88.8 Å². The van der Waals surface area contributed by atoms with Gasteiger partial charge in [-0.1, -0.05) is 0 Å². The Hall–Kier alpha value is -0.980. The number of hydrogen-bond donors (Lipinski definition) is 2. The van der Waals surface area contributed by atoms with E-state index in [1.165, 1.54) is 0 Å². The van der Waals surface area contributed by atoms with E-state index in [0.717, 1.165) is 69.8 Å². The standard InChI is InChI=1S/C18H33N7O2.HI/c1-18(2,24-7-9-27-10-8-24)13-20-17(19-3)21-14-5-6-16-22-15(12-26-4)23-25(16)11-14;/h14H,5-13H2,1-4H3,(H2,19,20,21);1H. The van der Waals surface area contributed by atoms with Crippen LogP contribution in [0.3, 0.4) is 0 Å². The summed E-state index contributed by atoms with van der Waals surface area (Å²) in [4.78, 5) is 11.4. The predicted molar refractivity (Wildman–Crippen MR) is 119 cm³/mol. The lowest BCUT2D eigenvalue weighted by Gasteiger charge is -2.41. The lowest BCUT2D eigenvalue weighted by Crippen LogP contribution is -2.57. The second-order valence-corrected chi connectivity index (χ2v) is 7.78. The molecule has 0 amide bonds. The Morgan fingerprint density at radius 1 is 1.36 bits per heavy atom. The fourth-order valence-corrected chi connectivity index (χ4v) is 3.64. The van der Waals surface area contributed by atoms with Crippen LogP contribution in [0, 0.1) is 0 Å². The van der Waals surface area contributed by atoms with Gasteiger partial charge in [-0.25, -0.2) is 9.67 Å². The molecule has 1 atom stereocenters. The summed E-state index contributed by atoms with van der Waals surface area (Å²) in [6.45, 7) is 10.2. The quantitative estimate of drug-likeness (QED) is 0.332.